The molecule has 0 unspecified atom stereocenters. The average Bonchev–Trinajstić information content (AvgIpc) is 3.19. The van der Waals surface area contributed by atoms with Crippen LogP contribution in [0.3, 0.4) is 0 Å². The third kappa shape index (κ3) is 4.40. The van der Waals surface area contributed by atoms with Gasteiger partial charge in [-0.2, -0.15) is 15.2 Å². The van der Waals surface area contributed by atoms with Crippen LogP contribution in [0.2, 0.25) is 5.02 Å². The highest BCUT2D eigenvalue weighted by molar-refractivity contribution is 9.10. The van der Waals surface area contributed by atoms with Crippen LogP contribution in [0.5, 0.6) is 0 Å². The SMILES string of the molecule is CCOC(=O)/C(N=Nc1ccc(Br)cc1)=C(/O)c1nn2c(nc(=O)c3ccc(Cl)cc32)s1. The van der Waals surface area contributed by atoms with Crippen molar-refractivity contribution in [1.82, 2.24) is 14.6 Å². The molecule has 9 nitrogen and oxygen atoms in total. The van der Waals surface area contributed by atoms with E-state index in [-0.39, 0.29) is 16.6 Å². The molecule has 0 aliphatic rings. The lowest BCUT2D eigenvalue weighted by molar-refractivity contribution is -0.138. The summed E-state index contributed by atoms with van der Waals surface area (Å²) in [6.45, 7) is 1.70. The number of benzene rings is 2. The zero-order chi connectivity index (χ0) is 22.8. The summed E-state index contributed by atoms with van der Waals surface area (Å²) in [5.41, 5.74) is -0.0215. The smallest absolute Gasteiger partial charge is 0.362 e. The molecule has 4 aromatic rings. The van der Waals surface area contributed by atoms with Crippen molar-refractivity contribution >= 4 is 72.1 Å². The standard InChI is InChI=1S/C20H13BrClN5O4S/c1-2-31-19(30)15(25-24-12-6-3-10(21)4-7-12)16(28)18-26-27-14-9-11(22)5-8-13(14)17(29)23-20(27)32-18/h3-9,28H,2H2,1H3/b16-15-,25-24?. The molecule has 12 heteroatoms. The average molecular weight is 535 g/mol. The van der Waals surface area contributed by atoms with E-state index in [9.17, 15) is 14.7 Å². The number of rotatable bonds is 5. The summed E-state index contributed by atoms with van der Waals surface area (Å²) in [4.78, 5) is 29.0. The van der Waals surface area contributed by atoms with Gasteiger partial charge in [-0.05, 0) is 49.4 Å². The minimum absolute atomic E-state index is 0.00202. The van der Waals surface area contributed by atoms with Gasteiger partial charge in [0.1, 0.15) is 0 Å². The van der Waals surface area contributed by atoms with E-state index in [1.165, 1.54) is 4.52 Å². The Morgan fingerprint density at radius 1 is 1.28 bits per heavy atom. The van der Waals surface area contributed by atoms with Crippen LogP contribution >= 0.6 is 38.9 Å². The number of hydrogen-bond donors (Lipinski definition) is 1. The second-order valence-electron chi connectivity index (χ2n) is 6.27. The van der Waals surface area contributed by atoms with Gasteiger partial charge < -0.3 is 9.84 Å². The fourth-order valence-electron chi connectivity index (χ4n) is 2.72. The highest BCUT2D eigenvalue weighted by Crippen LogP contribution is 2.27. The van der Waals surface area contributed by atoms with Crippen LogP contribution in [-0.4, -0.2) is 32.3 Å². The summed E-state index contributed by atoms with van der Waals surface area (Å²) < 4.78 is 7.22. The number of aliphatic hydroxyl groups is 1. The lowest BCUT2D eigenvalue weighted by atomic mass is 10.2. The molecule has 2 aromatic heterocycles. The predicted octanol–water partition coefficient (Wildman–Crippen LogP) is 5.29. The Kier molecular flexibility index (Phi) is 6.31. The van der Waals surface area contributed by atoms with Crippen LogP contribution in [0.15, 0.2) is 67.7 Å². The first-order valence-corrected chi connectivity index (χ1v) is 11.1. The van der Waals surface area contributed by atoms with Gasteiger partial charge >= 0.3 is 5.97 Å². The van der Waals surface area contributed by atoms with Crippen LogP contribution in [0.4, 0.5) is 5.69 Å². The first kappa shape index (κ1) is 22.1. The molecule has 2 aromatic carbocycles. The van der Waals surface area contributed by atoms with Crippen molar-refractivity contribution in [2.45, 2.75) is 6.92 Å². The molecule has 4 rings (SSSR count). The lowest BCUT2D eigenvalue weighted by Gasteiger charge is -2.03. The number of esters is 1. The summed E-state index contributed by atoms with van der Waals surface area (Å²) in [5, 5.41) is 23.7. The Hall–Kier alpha value is -3.15. The monoisotopic (exact) mass is 533 g/mol. The number of carbonyl (C=O) groups is 1. The van der Waals surface area contributed by atoms with Crippen LogP contribution in [0, 0.1) is 0 Å². The Labute approximate surface area is 197 Å². The first-order valence-electron chi connectivity index (χ1n) is 9.14. The Morgan fingerprint density at radius 2 is 2.03 bits per heavy atom. The molecular weight excluding hydrogens is 522 g/mol. The van der Waals surface area contributed by atoms with Gasteiger partial charge in [0.05, 0.1) is 23.2 Å². The molecule has 0 saturated carbocycles. The maximum atomic E-state index is 12.4. The third-order valence-electron chi connectivity index (χ3n) is 4.16. The summed E-state index contributed by atoms with van der Waals surface area (Å²) in [6, 6.07) is 11.6. The quantitative estimate of drug-likeness (QED) is 0.161. The molecule has 1 N–H and O–H groups in total. The molecule has 0 aliphatic heterocycles. The number of ether oxygens (including phenoxy) is 1. The van der Waals surface area contributed by atoms with Gasteiger partial charge in [-0.3, -0.25) is 4.79 Å². The largest absolute Gasteiger partial charge is 0.503 e. The van der Waals surface area contributed by atoms with E-state index in [1.807, 2.05) is 0 Å². The van der Waals surface area contributed by atoms with Crippen LogP contribution in [0.25, 0.3) is 21.6 Å². The molecule has 0 aliphatic carbocycles. The highest BCUT2D eigenvalue weighted by atomic mass is 79.9. The third-order valence-corrected chi connectivity index (χ3v) is 5.84. The van der Waals surface area contributed by atoms with E-state index in [0.717, 1.165) is 15.8 Å². The highest BCUT2D eigenvalue weighted by Gasteiger charge is 2.22. The van der Waals surface area contributed by atoms with Crippen molar-refractivity contribution in [3.8, 4) is 0 Å². The number of aliphatic hydroxyl groups excluding tert-OH is 1. The maximum absolute atomic E-state index is 12.4. The van der Waals surface area contributed by atoms with Gasteiger partial charge in [0.15, 0.2) is 10.8 Å². The van der Waals surface area contributed by atoms with Crippen LogP contribution < -0.4 is 5.56 Å². The molecule has 0 radical (unpaired) electrons. The van der Waals surface area contributed by atoms with Gasteiger partial charge in [0.2, 0.25) is 10.7 Å². The normalized spacial score (nSPS) is 12.5. The number of hydrogen-bond acceptors (Lipinski definition) is 9. The van der Waals surface area contributed by atoms with E-state index in [4.69, 9.17) is 16.3 Å². The van der Waals surface area contributed by atoms with Crippen molar-refractivity contribution in [1.29, 1.82) is 0 Å². The topological polar surface area (TPSA) is 119 Å². The van der Waals surface area contributed by atoms with Crippen molar-refractivity contribution in [2.24, 2.45) is 10.2 Å². The molecular formula is C20H13BrClN5O4S. The van der Waals surface area contributed by atoms with Gasteiger partial charge in [-0.15, -0.1) is 5.11 Å². The summed E-state index contributed by atoms with van der Waals surface area (Å²) in [7, 11) is 0. The van der Waals surface area contributed by atoms with E-state index in [1.54, 1.807) is 49.4 Å². The fourth-order valence-corrected chi connectivity index (χ4v) is 3.99. The second kappa shape index (κ2) is 9.15. The van der Waals surface area contributed by atoms with E-state index in [0.29, 0.717) is 21.6 Å². The van der Waals surface area contributed by atoms with Gasteiger partial charge in [-0.25, -0.2) is 9.31 Å². The molecule has 0 spiro atoms. The molecule has 0 amide bonds. The molecule has 2 heterocycles. The maximum Gasteiger partial charge on any atom is 0.362 e. The molecule has 0 saturated heterocycles. The van der Waals surface area contributed by atoms with E-state index in [2.05, 4.69) is 36.2 Å². The van der Waals surface area contributed by atoms with E-state index < -0.39 is 23.0 Å². The molecule has 0 bridgehead atoms. The Balaban J connectivity index is 1.86. The summed E-state index contributed by atoms with van der Waals surface area (Å²) >= 11 is 10.3. The van der Waals surface area contributed by atoms with Crippen LogP contribution in [-0.2, 0) is 9.53 Å². The first-order chi connectivity index (χ1) is 15.4. The number of azo groups is 1. The number of halogens is 2. The molecule has 0 atom stereocenters. The fraction of sp³-hybridized carbons (Fsp3) is 0.100. The molecule has 162 valence electrons. The number of aromatic nitrogens is 3. The van der Waals surface area contributed by atoms with Crippen molar-refractivity contribution in [3.63, 3.8) is 0 Å². The minimum Gasteiger partial charge on any atom is -0.503 e. The van der Waals surface area contributed by atoms with Gasteiger partial charge in [0, 0.05) is 9.50 Å². The van der Waals surface area contributed by atoms with E-state index >= 15 is 0 Å². The summed E-state index contributed by atoms with van der Waals surface area (Å²) in [5.74, 6) is -1.43. The van der Waals surface area contributed by atoms with Crippen molar-refractivity contribution in [2.75, 3.05) is 6.61 Å². The predicted molar refractivity (Wildman–Crippen MR) is 124 cm³/mol. The second-order valence-corrected chi connectivity index (χ2v) is 8.58. The molecule has 32 heavy (non-hydrogen) atoms. The van der Waals surface area contributed by atoms with Gasteiger partial charge in [-0.1, -0.05) is 38.9 Å². The Bertz CT molecular complexity index is 1460. The Morgan fingerprint density at radius 3 is 2.75 bits per heavy atom. The van der Waals surface area contributed by atoms with Crippen molar-refractivity contribution < 1.29 is 14.6 Å². The van der Waals surface area contributed by atoms with Crippen molar-refractivity contribution in [3.05, 3.63) is 73.0 Å². The summed E-state index contributed by atoms with van der Waals surface area (Å²) in [6.07, 6.45) is 0. The number of nitrogens with zero attached hydrogens (tertiary/aromatic N) is 5. The zero-order valence-electron chi connectivity index (χ0n) is 16.3. The van der Waals surface area contributed by atoms with Crippen LogP contribution in [0.1, 0.15) is 11.9 Å². The zero-order valence-corrected chi connectivity index (χ0v) is 19.5. The minimum atomic E-state index is -0.875. The van der Waals surface area contributed by atoms with Gasteiger partial charge in [0.25, 0.3) is 5.56 Å². The number of carbonyl (C=O) groups excluding carboxylic acids is 1. The molecule has 0 fully saturated rings. The number of fused-ring (bicyclic) bond motifs is 3. The lowest BCUT2D eigenvalue weighted by Crippen LogP contribution is -2.10.